The van der Waals surface area contributed by atoms with Gasteiger partial charge in [0.2, 0.25) is 6.79 Å². The Morgan fingerprint density at radius 1 is 1.16 bits per heavy atom. The molecule has 2 aromatic heterocycles. The molecule has 0 aliphatic carbocycles. The number of H-pyrrole nitrogens is 1. The fourth-order valence-electron chi connectivity index (χ4n) is 4.90. The molecule has 162 valence electrons. The van der Waals surface area contributed by atoms with Gasteiger partial charge in [0.1, 0.15) is 0 Å². The molecular weight excluding hydrogens is 426 g/mol. The van der Waals surface area contributed by atoms with Crippen LogP contribution in [0.1, 0.15) is 16.8 Å². The fraction of sp³-hybridized carbons (Fsp3) is 0.240. The van der Waals surface area contributed by atoms with Gasteiger partial charge in [0, 0.05) is 58.3 Å². The number of aromatic amines is 1. The highest BCUT2D eigenvalue weighted by atomic mass is 35.5. The van der Waals surface area contributed by atoms with E-state index >= 15 is 0 Å². The van der Waals surface area contributed by atoms with Gasteiger partial charge < -0.3 is 19.0 Å². The lowest BCUT2D eigenvalue weighted by Gasteiger charge is -2.27. The molecule has 1 N–H and O–H groups in total. The minimum atomic E-state index is -0.0550. The minimum absolute atomic E-state index is 0.0550. The third-order valence-corrected chi connectivity index (χ3v) is 6.47. The van der Waals surface area contributed by atoms with Gasteiger partial charge in [-0.05, 0) is 30.2 Å². The molecular formula is C25H22ClN3O3. The number of para-hydroxylation sites is 1. The maximum absolute atomic E-state index is 13.4. The van der Waals surface area contributed by atoms with Crippen molar-refractivity contribution in [1.29, 1.82) is 0 Å². The summed E-state index contributed by atoms with van der Waals surface area (Å²) < 4.78 is 12.7. The maximum atomic E-state index is 13.4. The molecule has 4 aromatic rings. The molecule has 0 fully saturated rings. The van der Waals surface area contributed by atoms with E-state index in [2.05, 4.69) is 40.7 Å². The number of ether oxygens (including phenoxy) is 2. The highest BCUT2D eigenvalue weighted by molar-refractivity contribution is 6.29. The van der Waals surface area contributed by atoms with Crippen LogP contribution in [0.25, 0.3) is 21.8 Å². The molecule has 6 rings (SSSR count). The smallest absolute Gasteiger partial charge is 0.255 e. The van der Waals surface area contributed by atoms with Crippen LogP contribution in [-0.4, -0.2) is 27.8 Å². The molecule has 2 aliphatic rings. The number of rotatable bonds is 4. The predicted molar refractivity (Wildman–Crippen MR) is 125 cm³/mol. The van der Waals surface area contributed by atoms with Crippen molar-refractivity contribution >= 4 is 33.4 Å². The van der Waals surface area contributed by atoms with Crippen molar-refractivity contribution in [3.8, 4) is 11.5 Å². The van der Waals surface area contributed by atoms with Crippen LogP contribution < -0.4 is 15.0 Å². The predicted octanol–water partition coefficient (Wildman–Crippen LogP) is 4.52. The first-order valence-corrected chi connectivity index (χ1v) is 11.0. The number of hydrogen-bond acceptors (Lipinski definition) is 4. The third kappa shape index (κ3) is 3.18. The molecule has 0 saturated carbocycles. The van der Waals surface area contributed by atoms with Gasteiger partial charge in [0.05, 0.1) is 12.1 Å². The third-order valence-electron chi connectivity index (χ3n) is 6.35. The Balaban J connectivity index is 1.38. The van der Waals surface area contributed by atoms with Crippen molar-refractivity contribution in [2.45, 2.75) is 26.1 Å². The second kappa shape index (κ2) is 7.43. The lowest BCUT2D eigenvalue weighted by Crippen LogP contribution is -2.34. The van der Waals surface area contributed by atoms with Gasteiger partial charge in [-0.3, -0.25) is 9.69 Å². The zero-order chi connectivity index (χ0) is 21.8. The summed E-state index contributed by atoms with van der Waals surface area (Å²) in [5, 5.41) is 2.63. The summed E-state index contributed by atoms with van der Waals surface area (Å²) in [5.74, 6) is 1.33. The average Bonchev–Trinajstić information content (AvgIpc) is 3.38. The first-order chi connectivity index (χ1) is 15.6. The largest absolute Gasteiger partial charge is 0.454 e. The normalized spacial score (nSPS) is 15.4. The standard InChI is InChI=1S/C25H22ClN3O3/c1-15(26)11-29-22-10-24-23(31-14-32-24)9-16(22)8-17(25(29)30)12-28-7-6-19-18-4-2-3-5-20(18)27-21(19)13-28/h2-5,8-10,27H,1,6-7,11-14H2. The van der Waals surface area contributed by atoms with Gasteiger partial charge in [-0.25, -0.2) is 0 Å². The Bertz CT molecular complexity index is 1450. The Morgan fingerprint density at radius 2 is 1.97 bits per heavy atom. The summed E-state index contributed by atoms with van der Waals surface area (Å²) in [6.07, 6.45) is 0.957. The van der Waals surface area contributed by atoms with E-state index in [1.165, 1.54) is 22.2 Å². The summed E-state index contributed by atoms with van der Waals surface area (Å²) in [7, 11) is 0. The van der Waals surface area contributed by atoms with Crippen LogP contribution in [0.15, 0.2) is 58.9 Å². The zero-order valence-electron chi connectivity index (χ0n) is 17.5. The number of hydrogen-bond donors (Lipinski definition) is 1. The van der Waals surface area contributed by atoms with E-state index in [1.807, 2.05) is 18.2 Å². The molecule has 0 saturated heterocycles. The molecule has 2 aromatic carbocycles. The number of halogens is 1. The maximum Gasteiger partial charge on any atom is 0.255 e. The monoisotopic (exact) mass is 447 g/mol. The van der Waals surface area contributed by atoms with E-state index in [4.69, 9.17) is 21.1 Å². The molecule has 4 heterocycles. The van der Waals surface area contributed by atoms with Crippen LogP contribution in [0.3, 0.4) is 0 Å². The molecule has 0 unspecified atom stereocenters. The van der Waals surface area contributed by atoms with Crippen molar-refractivity contribution in [1.82, 2.24) is 14.5 Å². The van der Waals surface area contributed by atoms with E-state index < -0.39 is 0 Å². The number of nitrogens with zero attached hydrogens (tertiary/aromatic N) is 2. The van der Waals surface area contributed by atoms with Crippen LogP contribution in [-0.2, 0) is 26.1 Å². The number of aromatic nitrogens is 2. The van der Waals surface area contributed by atoms with Crippen molar-refractivity contribution in [2.75, 3.05) is 13.3 Å². The van der Waals surface area contributed by atoms with Gasteiger partial charge in [-0.15, -0.1) is 0 Å². The van der Waals surface area contributed by atoms with Crippen LogP contribution in [0, 0.1) is 0 Å². The molecule has 7 heteroatoms. The molecule has 0 atom stereocenters. The molecule has 0 spiro atoms. The second-order valence-corrected chi connectivity index (χ2v) is 8.97. The van der Waals surface area contributed by atoms with Crippen LogP contribution in [0.4, 0.5) is 0 Å². The second-order valence-electron chi connectivity index (χ2n) is 8.43. The van der Waals surface area contributed by atoms with Crippen LogP contribution in [0.5, 0.6) is 11.5 Å². The fourth-order valence-corrected chi connectivity index (χ4v) is 5.01. The molecule has 6 nitrogen and oxygen atoms in total. The highest BCUT2D eigenvalue weighted by Gasteiger charge is 2.23. The Morgan fingerprint density at radius 3 is 2.81 bits per heavy atom. The number of allylic oxidation sites excluding steroid dienone is 1. The molecule has 0 amide bonds. The average molecular weight is 448 g/mol. The number of fused-ring (bicyclic) bond motifs is 5. The lowest BCUT2D eigenvalue weighted by atomic mass is 10.0. The minimum Gasteiger partial charge on any atom is -0.454 e. The highest BCUT2D eigenvalue weighted by Crippen LogP contribution is 2.36. The van der Waals surface area contributed by atoms with Gasteiger partial charge >= 0.3 is 0 Å². The molecule has 2 aliphatic heterocycles. The molecule has 0 radical (unpaired) electrons. The van der Waals surface area contributed by atoms with Gasteiger partial charge in [-0.2, -0.15) is 0 Å². The van der Waals surface area contributed by atoms with Crippen LogP contribution in [0.2, 0.25) is 0 Å². The molecule has 0 bridgehead atoms. The summed E-state index contributed by atoms with van der Waals surface area (Å²) in [6.45, 7) is 6.47. The first-order valence-electron chi connectivity index (χ1n) is 10.7. The number of nitrogens with one attached hydrogen (secondary N) is 1. The van der Waals surface area contributed by atoms with E-state index in [0.717, 1.165) is 36.0 Å². The van der Waals surface area contributed by atoms with Gasteiger partial charge in [0.25, 0.3) is 5.56 Å². The summed E-state index contributed by atoms with van der Waals surface area (Å²) in [5.41, 5.74) is 5.23. The van der Waals surface area contributed by atoms with Crippen molar-refractivity contribution in [3.05, 3.63) is 81.3 Å². The number of benzene rings is 2. The van der Waals surface area contributed by atoms with E-state index in [0.29, 0.717) is 23.1 Å². The Kier molecular flexibility index (Phi) is 4.52. The van der Waals surface area contributed by atoms with Crippen LogP contribution >= 0.6 is 11.6 Å². The summed E-state index contributed by atoms with van der Waals surface area (Å²) >= 11 is 6.12. The van der Waals surface area contributed by atoms with Crippen molar-refractivity contribution < 1.29 is 9.47 Å². The summed E-state index contributed by atoms with van der Waals surface area (Å²) in [4.78, 5) is 19.3. The Hall–Kier alpha value is -3.22. The SMILES string of the molecule is C=C(Cl)Cn1c(=O)c(CN2CCc3c([nH]c4ccccc34)C2)cc2cc3c(cc21)OCO3. The van der Waals surface area contributed by atoms with Gasteiger partial charge in [0.15, 0.2) is 11.5 Å². The Labute approximate surface area is 189 Å². The van der Waals surface area contributed by atoms with Crippen molar-refractivity contribution in [3.63, 3.8) is 0 Å². The lowest BCUT2D eigenvalue weighted by molar-refractivity contribution is 0.174. The van der Waals surface area contributed by atoms with E-state index in [-0.39, 0.29) is 18.9 Å². The zero-order valence-corrected chi connectivity index (χ0v) is 18.2. The van der Waals surface area contributed by atoms with Gasteiger partial charge in [-0.1, -0.05) is 36.4 Å². The molecule has 32 heavy (non-hydrogen) atoms. The quantitative estimate of drug-likeness (QED) is 0.499. The number of pyridine rings is 1. The van der Waals surface area contributed by atoms with Crippen molar-refractivity contribution in [2.24, 2.45) is 0 Å². The van der Waals surface area contributed by atoms with E-state index in [1.54, 1.807) is 4.57 Å². The summed E-state index contributed by atoms with van der Waals surface area (Å²) in [6, 6.07) is 14.2. The topological polar surface area (TPSA) is 59.5 Å². The first kappa shape index (κ1) is 19.5. The van der Waals surface area contributed by atoms with E-state index in [9.17, 15) is 4.79 Å².